The average Bonchev–Trinajstić information content (AvgIpc) is 3.39. The molecule has 66 heavy (non-hydrogen) atoms. The third kappa shape index (κ3) is 6.63. The summed E-state index contributed by atoms with van der Waals surface area (Å²) in [5.41, 5.74) is 12.5. The van der Waals surface area contributed by atoms with Crippen LogP contribution in [0.3, 0.4) is 0 Å². The van der Waals surface area contributed by atoms with Crippen LogP contribution in [0.25, 0.3) is 67.4 Å². The minimum atomic E-state index is 0.301. The Bertz CT molecular complexity index is 3680. The van der Waals surface area contributed by atoms with Gasteiger partial charge in [0.15, 0.2) is 0 Å². The van der Waals surface area contributed by atoms with Crippen LogP contribution in [-0.4, -0.2) is 0 Å². The maximum Gasteiger partial charge on any atom is 0.0616 e. The van der Waals surface area contributed by atoms with Crippen LogP contribution in [0, 0.1) is 11.8 Å². The summed E-state index contributed by atoms with van der Waals surface area (Å²) in [5, 5.41) is 12.4. The predicted molar refractivity (Wildman–Crippen MR) is 282 cm³/mol. The van der Waals surface area contributed by atoms with E-state index in [2.05, 4.69) is 240 Å². The highest BCUT2D eigenvalue weighted by Gasteiger charge is 2.29. The molecule has 0 radical (unpaired) electrons. The lowest BCUT2D eigenvalue weighted by molar-refractivity contribution is 0.502. The lowest BCUT2D eigenvalue weighted by Gasteiger charge is -2.34. The molecule has 0 fully saturated rings. The smallest absolute Gasteiger partial charge is 0.0616 e. The molecule has 10 aromatic rings. The number of anilines is 6. The monoisotopic (exact) mass is 844 g/mol. The van der Waals surface area contributed by atoms with Gasteiger partial charge in [0.25, 0.3) is 0 Å². The van der Waals surface area contributed by atoms with E-state index in [1.807, 2.05) is 0 Å². The molecular formula is C64H48N2. The summed E-state index contributed by atoms with van der Waals surface area (Å²) in [6.45, 7) is 0. The summed E-state index contributed by atoms with van der Waals surface area (Å²) < 4.78 is 0. The fourth-order valence-electron chi connectivity index (χ4n) is 11.2. The van der Waals surface area contributed by atoms with Gasteiger partial charge in [-0.3, -0.25) is 0 Å². The molecule has 0 aromatic heterocycles. The van der Waals surface area contributed by atoms with E-state index in [0.717, 1.165) is 42.7 Å². The number of hydrogen-bond donors (Lipinski definition) is 0. The largest absolute Gasteiger partial charge is 0.309 e. The predicted octanol–water partition coefficient (Wildman–Crippen LogP) is 15.7. The Balaban J connectivity index is 1.14. The summed E-state index contributed by atoms with van der Waals surface area (Å²) in [5.74, 6) is 0.668. The van der Waals surface area contributed by atoms with Crippen LogP contribution in [-0.2, 0) is 12.8 Å². The SMILES string of the molecule is C1=Cc2cc(N(c3ccc4ccccc4c3)c3c4c(c(N(c5ccc6ccccc6c5)c5ccc6ccccc6c5)c5ccccc35)=CC[C@@H](C3C=Cc5ccccc5C3)C=4)ccc2CC1. The third-order valence-corrected chi connectivity index (χ3v) is 14.5. The molecule has 3 aliphatic rings. The van der Waals surface area contributed by atoms with Crippen molar-refractivity contribution in [2.75, 3.05) is 9.80 Å². The van der Waals surface area contributed by atoms with Gasteiger partial charge in [-0.2, -0.15) is 0 Å². The highest BCUT2D eigenvalue weighted by molar-refractivity contribution is 6.09. The molecule has 3 aliphatic carbocycles. The topological polar surface area (TPSA) is 6.48 Å². The second kappa shape index (κ2) is 15.9. The molecule has 0 saturated heterocycles. The van der Waals surface area contributed by atoms with Crippen LogP contribution in [0.15, 0.2) is 206 Å². The Kier molecular flexibility index (Phi) is 9.30. The van der Waals surface area contributed by atoms with Crippen LogP contribution in [0.1, 0.15) is 35.1 Å². The average molecular weight is 845 g/mol. The van der Waals surface area contributed by atoms with Gasteiger partial charge in [-0.15, -0.1) is 0 Å². The first-order valence-corrected chi connectivity index (χ1v) is 23.6. The summed E-state index contributed by atoms with van der Waals surface area (Å²) in [6.07, 6.45) is 18.9. The Labute approximate surface area is 386 Å². The molecule has 314 valence electrons. The lowest BCUT2D eigenvalue weighted by atomic mass is 9.77. The van der Waals surface area contributed by atoms with Gasteiger partial charge in [0.2, 0.25) is 0 Å². The number of nitrogens with zero attached hydrogens (tertiary/aromatic N) is 2. The van der Waals surface area contributed by atoms with Crippen molar-refractivity contribution < 1.29 is 0 Å². The van der Waals surface area contributed by atoms with Crippen LogP contribution in [0.4, 0.5) is 34.1 Å². The van der Waals surface area contributed by atoms with E-state index in [0.29, 0.717) is 11.8 Å². The molecule has 1 unspecified atom stereocenters. The van der Waals surface area contributed by atoms with E-state index in [1.165, 1.54) is 92.8 Å². The molecular weight excluding hydrogens is 797 g/mol. The van der Waals surface area contributed by atoms with Crippen molar-refractivity contribution in [1.82, 2.24) is 0 Å². The Morgan fingerprint density at radius 2 is 0.909 bits per heavy atom. The van der Waals surface area contributed by atoms with Crippen molar-refractivity contribution in [2.24, 2.45) is 11.8 Å². The van der Waals surface area contributed by atoms with Crippen LogP contribution in [0.2, 0.25) is 0 Å². The fourth-order valence-corrected chi connectivity index (χ4v) is 11.2. The minimum absolute atomic E-state index is 0.301. The number of benzene rings is 10. The van der Waals surface area contributed by atoms with Gasteiger partial charge in [0.05, 0.1) is 11.4 Å². The maximum atomic E-state index is 2.66. The van der Waals surface area contributed by atoms with Crippen molar-refractivity contribution in [1.29, 1.82) is 0 Å². The quantitative estimate of drug-likeness (QED) is 0.148. The second-order valence-corrected chi connectivity index (χ2v) is 18.4. The van der Waals surface area contributed by atoms with E-state index in [9.17, 15) is 0 Å². The van der Waals surface area contributed by atoms with Crippen molar-refractivity contribution in [3.63, 3.8) is 0 Å². The fraction of sp³-hybridized carbons (Fsp3) is 0.0938. The van der Waals surface area contributed by atoms with Crippen molar-refractivity contribution >= 4 is 102 Å². The molecule has 0 bridgehead atoms. The van der Waals surface area contributed by atoms with Crippen LogP contribution < -0.4 is 20.2 Å². The van der Waals surface area contributed by atoms with Gasteiger partial charge in [-0.05, 0) is 141 Å². The molecule has 2 heteroatoms. The molecule has 0 saturated carbocycles. The zero-order valence-corrected chi connectivity index (χ0v) is 36.8. The zero-order valence-electron chi connectivity index (χ0n) is 36.8. The summed E-state index contributed by atoms with van der Waals surface area (Å²) in [7, 11) is 0. The van der Waals surface area contributed by atoms with Crippen LogP contribution in [0.5, 0.6) is 0 Å². The maximum absolute atomic E-state index is 2.66. The van der Waals surface area contributed by atoms with Gasteiger partial charge in [-0.25, -0.2) is 0 Å². The lowest BCUT2D eigenvalue weighted by Crippen LogP contribution is -2.39. The van der Waals surface area contributed by atoms with E-state index >= 15 is 0 Å². The molecule has 10 aromatic carbocycles. The first kappa shape index (κ1) is 38.5. The molecule has 2 nitrogen and oxygen atoms in total. The van der Waals surface area contributed by atoms with Crippen molar-refractivity contribution in [3.05, 3.63) is 239 Å². The Morgan fingerprint density at radius 3 is 1.53 bits per heavy atom. The van der Waals surface area contributed by atoms with E-state index in [4.69, 9.17) is 0 Å². The summed E-state index contributed by atoms with van der Waals surface area (Å²) in [4.78, 5) is 5.13. The highest BCUT2D eigenvalue weighted by atomic mass is 15.2. The number of fused-ring (bicyclic) bond motifs is 7. The number of hydrogen-bond acceptors (Lipinski definition) is 2. The Hall–Kier alpha value is -7.94. The molecule has 0 amide bonds. The molecule has 0 heterocycles. The van der Waals surface area contributed by atoms with Crippen molar-refractivity contribution in [2.45, 2.75) is 25.7 Å². The van der Waals surface area contributed by atoms with Gasteiger partial charge in [0, 0.05) is 44.0 Å². The van der Waals surface area contributed by atoms with Crippen molar-refractivity contribution in [3.8, 4) is 0 Å². The van der Waals surface area contributed by atoms with Gasteiger partial charge in [0.1, 0.15) is 0 Å². The third-order valence-electron chi connectivity index (χ3n) is 14.5. The Morgan fingerprint density at radius 1 is 0.394 bits per heavy atom. The molecule has 0 spiro atoms. The van der Waals surface area contributed by atoms with Gasteiger partial charge in [-0.1, -0.05) is 182 Å². The first-order valence-electron chi connectivity index (χ1n) is 23.6. The highest BCUT2D eigenvalue weighted by Crippen LogP contribution is 2.45. The number of allylic oxidation sites excluding steroid dienone is 2. The zero-order chi connectivity index (χ0) is 43.6. The van der Waals surface area contributed by atoms with E-state index in [-0.39, 0.29) is 0 Å². The minimum Gasteiger partial charge on any atom is -0.309 e. The van der Waals surface area contributed by atoms with E-state index in [1.54, 1.807) is 0 Å². The van der Waals surface area contributed by atoms with Gasteiger partial charge < -0.3 is 9.80 Å². The number of aryl methyl sites for hydroxylation is 1. The van der Waals surface area contributed by atoms with Crippen LogP contribution >= 0.6 is 0 Å². The normalized spacial score (nSPS) is 16.1. The number of rotatable bonds is 7. The molecule has 0 aliphatic heterocycles. The standard InChI is InChI=1S/C64H48N2/c1-6-18-48-37-53(26-25-43(48)13-1)54-31-36-61-62(42-54)64(66(57-34-29-46-16-4-9-21-51(46)40-57)58-35-30-47-17-5-10-22-52(47)41-58)60-24-12-11-23-59(60)63(61)65(55-32-27-44-14-2-7-19-49(44)38-55)56-33-28-45-15-3-8-20-50(45)39-56/h1-4,6-16,18-30,32-36,38-42,53-54H,5,17,31,37H2/t53?,54-/m1/s1. The van der Waals surface area contributed by atoms with E-state index < -0.39 is 0 Å². The molecule has 13 rings (SSSR count). The second-order valence-electron chi connectivity index (χ2n) is 18.4. The summed E-state index contributed by atoms with van der Waals surface area (Å²) in [6, 6.07) is 72.5. The molecule has 0 N–H and O–H groups in total. The van der Waals surface area contributed by atoms with Gasteiger partial charge >= 0.3 is 0 Å². The first-order chi connectivity index (χ1) is 32.7. The summed E-state index contributed by atoms with van der Waals surface area (Å²) >= 11 is 0. The molecule has 2 atom stereocenters.